The van der Waals surface area contributed by atoms with Crippen molar-refractivity contribution >= 4 is 23.0 Å². The van der Waals surface area contributed by atoms with E-state index in [1.54, 1.807) is 11.8 Å². The van der Waals surface area contributed by atoms with Gasteiger partial charge in [-0.3, -0.25) is 4.18 Å². The van der Waals surface area contributed by atoms with E-state index in [4.69, 9.17) is 4.18 Å². The molecule has 8 heteroatoms. The van der Waals surface area contributed by atoms with Crippen molar-refractivity contribution in [1.82, 2.24) is 4.72 Å². The average Bonchev–Trinajstić information content (AvgIpc) is 2.81. The van der Waals surface area contributed by atoms with Crippen molar-refractivity contribution in [2.45, 2.75) is 18.1 Å². The quantitative estimate of drug-likeness (QED) is 0.925. The summed E-state index contributed by atoms with van der Waals surface area (Å²) in [6.45, 7) is 0.291. The second-order valence-corrected chi connectivity index (χ2v) is 6.28. The summed E-state index contributed by atoms with van der Waals surface area (Å²) in [5, 5.41) is 0. The second kappa shape index (κ2) is 6.46. The number of hydrogen-bond acceptors (Lipinski definition) is 3. The lowest BCUT2D eigenvalue weighted by atomic mass is 9.93. The molecule has 1 saturated heterocycles. The molecular formula is C12H14F3NO2S2. The van der Waals surface area contributed by atoms with Gasteiger partial charge in [-0.2, -0.15) is 24.9 Å². The Morgan fingerprint density at radius 3 is 2.55 bits per heavy atom. The van der Waals surface area contributed by atoms with Gasteiger partial charge in [0.15, 0.2) is 0 Å². The van der Waals surface area contributed by atoms with Crippen LogP contribution in [-0.2, 0) is 21.6 Å². The number of hydrogen-bond donors (Lipinski definition) is 1. The topological polar surface area (TPSA) is 38.3 Å². The van der Waals surface area contributed by atoms with E-state index >= 15 is 0 Å². The fourth-order valence-electron chi connectivity index (χ4n) is 2.07. The Balaban J connectivity index is 2.19. The lowest BCUT2D eigenvalue weighted by Crippen LogP contribution is -2.32. The van der Waals surface area contributed by atoms with E-state index in [1.165, 1.54) is 12.1 Å². The number of benzene rings is 1. The Labute approximate surface area is 122 Å². The molecule has 1 heterocycles. The van der Waals surface area contributed by atoms with E-state index in [1.807, 2.05) is 6.26 Å². The Bertz CT molecular complexity index is 479. The van der Waals surface area contributed by atoms with Crippen LogP contribution in [0.1, 0.15) is 17.0 Å². The highest BCUT2D eigenvalue weighted by Crippen LogP contribution is 2.32. The van der Waals surface area contributed by atoms with Crippen LogP contribution in [-0.4, -0.2) is 28.9 Å². The number of rotatable bonds is 4. The molecule has 1 aromatic carbocycles. The molecule has 0 radical (unpaired) electrons. The summed E-state index contributed by atoms with van der Waals surface area (Å²) in [6.07, 6.45) is -2.41. The summed E-state index contributed by atoms with van der Waals surface area (Å²) in [7, 11) is 0. The van der Waals surface area contributed by atoms with Crippen LogP contribution in [0.3, 0.4) is 0 Å². The molecule has 3 unspecified atom stereocenters. The van der Waals surface area contributed by atoms with E-state index in [0.717, 1.165) is 17.7 Å². The van der Waals surface area contributed by atoms with Crippen LogP contribution >= 0.6 is 11.8 Å². The fraction of sp³-hybridized carbons (Fsp3) is 0.500. The van der Waals surface area contributed by atoms with Gasteiger partial charge in [0.1, 0.15) is 0 Å². The highest BCUT2D eigenvalue weighted by atomic mass is 32.2. The maximum atomic E-state index is 12.5. The number of alkyl halides is 3. The van der Waals surface area contributed by atoms with Crippen LogP contribution in [0.5, 0.6) is 0 Å². The minimum atomic E-state index is -4.33. The molecule has 1 aliphatic heterocycles. The third-order valence-electron chi connectivity index (χ3n) is 3.10. The first-order valence-corrected chi connectivity index (χ1v) is 8.36. The minimum absolute atomic E-state index is 0.0428. The number of nitrogens with one attached hydrogen (secondary N) is 1. The second-order valence-electron chi connectivity index (χ2n) is 4.43. The van der Waals surface area contributed by atoms with E-state index in [0.29, 0.717) is 12.4 Å². The molecule has 3 atom stereocenters. The molecule has 0 spiro atoms. The van der Waals surface area contributed by atoms with Crippen LogP contribution in [0, 0.1) is 0 Å². The van der Waals surface area contributed by atoms with Gasteiger partial charge in [0.2, 0.25) is 11.3 Å². The molecule has 0 aliphatic carbocycles. The Morgan fingerprint density at radius 2 is 2.10 bits per heavy atom. The van der Waals surface area contributed by atoms with Gasteiger partial charge in [-0.25, -0.2) is 8.93 Å². The molecule has 112 valence electrons. The van der Waals surface area contributed by atoms with E-state index < -0.39 is 23.0 Å². The molecule has 0 aromatic heterocycles. The molecule has 1 aromatic rings. The molecule has 20 heavy (non-hydrogen) atoms. The maximum Gasteiger partial charge on any atom is 0.416 e. The van der Waals surface area contributed by atoms with Crippen molar-refractivity contribution in [3.8, 4) is 0 Å². The lowest BCUT2D eigenvalue weighted by Gasteiger charge is -2.21. The highest BCUT2D eigenvalue weighted by Gasteiger charge is 2.33. The zero-order chi connectivity index (χ0) is 14.8. The van der Waals surface area contributed by atoms with Crippen molar-refractivity contribution in [3.63, 3.8) is 0 Å². The molecule has 1 fully saturated rings. The zero-order valence-corrected chi connectivity index (χ0v) is 12.3. The SMILES string of the molecule is CSCC(c1ccc(C(F)(F)F)cc1)C1COS(=O)N1. The molecule has 0 amide bonds. The summed E-state index contributed by atoms with van der Waals surface area (Å²) in [5.41, 5.74) is 0.121. The fourth-order valence-corrected chi connectivity index (χ4v) is 3.67. The van der Waals surface area contributed by atoms with Crippen LogP contribution in [0.4, 0.5) is 13.2 Å². The average molecular weight is 325 g/mol. The first-order valence-electron chi connectivity index (χ1n) is 5.89. The maximum absolute atomic E-state index is 12.5. The Hall–Kier alpha value is -0.570. The molecule has 1 aliphatic rings. The number of halogens is 3. The summed E-state index contributed by atoms with van der Waals surface area (Å²) in [5.74, 6) is 0.669. The molecule has 2 rings (SSSR count). The van der Waals surface area contributed by atoms with Gasteiger partial charge in [0.05, 0.1) is 18.2 Å². The molecular weight excluding hydrogens is 311 g/mol. The van der Waals surface area contributed by atoms with Crippen molar-refractivity contribution < 1.29 is 21.6 Å². The van der Waals surface area contributed by atoms with Crippen molar-refractivity contribution in [1.29, 1.82) is 0 Å². The van der Waals surface area contributed by atoms with Crippen molar-refractivity contribution in [2.24, 2.45) is 0 Å². The van der Waals surface area contributed by atoms with Crippen molar-refractivity contribution in [2.75, 3.05) is 18.6 Å². The van der Waals surface area contributed by atoms with E-state index in [-0.39, 0.29) is 12.0 Å². The van der Waals surface area contributed by atoms with Crippen LogP contribution in [0.25, 0.3) is 0 Å². The van der Waals surface area contributed by atoms with Gasteiger partial charge >= 0.3 is 6.18 Å². The highest BCUT2D eigenvalue weighted by molar-refractivity contribution is 7.98. The smallest absolute Gasteiger partial charge is 0.277 e. The molecule has 1 N–H and O–H groups in total. The standard InChI is InChI=1S/C12H14F3NO2S2/c1-19-7-10(11-6-18-20(17)16-11)8-2-4-9(5-3-8)12(13,14)15/h2-5,10-11,16H,6-7H2,1H3. The van der Waals surface area contributed by atoms with Gasteiger partial charge in [-0.05, 0) is 24.0 Å². The number of thioether (sulfide) groups is 1. The molecule has 0 bridgehead atoms. The van der Waals surface area contributed by atoms with Gasteiger partial charge < -0.3 is 0 Å². The summed E-state index contributed by atoms with van der Waals surface area (Å²) < 4.78 is 56.6. The predicted molar refractivity (Wildman–Crippen MR) is 73.6 cm³/mol. The largest absolute Gasteiger partial charge is 0.416 e. The third kappa shape index (κ3) is 3.75. The van der Waals surface area contributed by atoms with Gasteiger partial charge in [0.25, 0.3) is 0 Å². The first-order chi connectivity index (χ1) is 9.41. The summed E-state index contributed by atoms with van der Waals surface area (Å²) >= 11 is 0.0771. The normalized spacial score (nSPS) is 24.8. The Morgan fingerprint density at radius 1 is 1.45 bits per heavy atom. The summed E-state index contributed by atoms with van der Waals surface area (Å²) in [6, 6.07) is 4.96. The lowest BCUT2D eigenvalue weighted by molar-refractivity contribution is -0.137. The van der Waals surface area contributed by atoms with Crippen LogP contribution in [0.15, 0.2) is 24.3 Å². The van der Waals surface area contributed by atoms with Crippen molar-refractivity contribution in [3.05, 3.63) is 35.4 Å². The summed E-state index contributed by atoms with van der Waals surface area (Å²) in [4.78, 5) is 0. The first kappa shape index (κ1) is 15.8. The van der Waals surface area contributed by atoms with Gasteiger partial charge in [0, 0.05) is 11.7 Å². The monoisotopic (exact) mass is 325 g/mol. The predicted octanol–water partition coefficient (Wildman–Crippen LogP) is 2.72. The minimum Gasteiger partial charge on any atom is -0.277 e. The van der Waals surface area contributed by atoms with Crippen LogP contribution in [0.2, 0.25) is 0 Å². The van der Waals surface area contributed by atoms with E-state index in [9.17, 15) is 17.4 Å². The van der Waals surface area contributed by atoms with E-state index in [2.05, 4.69) is 4.72 Å². The van der Waals surface area contributed by atoms with Crippen LogP contribution < -0.4 is 4.72 Å². The Kier molecular flexibility index (Phi) is 5.11. The third-order valence-corrected chi connectivity index (χ3v) is 4.64. The van der Waals surface area contributed by atoms with Gasteiger partial charge in [-0.15, -0.1) is 0 Å². The molecule has 0 saturated carbocycles. The van der Waals surface area contributed by atoms with Gasteiger partial charge in [-0.1, -0.05) is 12.1 Å². The zero-order valence-electron chi connectivity index (χ0n) is 10.6. The molecule has 3 nitrogen and oxygen atoms in total.